The predicted molar refractivity (Wildman–Crippen MR) is 74.8 cm³/mol. The zero-order chi connectivity index (χ0) is 13.5. The van der Waals surface area contributed by atoms with E-state index in [0.29, 0.717) is 0 Å². The lowest BCUT2D eigenvalue weighted by atomic mass is 10.1. The lowest BCUT2D eigenvalue weighted by Gasteiger charge is -2.22. The fraction of sp³-hybridized carbons (Fsp3) is 0.533. The van der Waals surface area contributed by atoms with Gasteiger partial charge in [0, 0.05) is 19.6 Å². The summed E-state index contributed by atoms with van der Waals surface area (Å²) < 4.78 is 0. The third-order valence-corrected chi connectivity index (χ3v) is 3.52. The minimum Gasteiger partial charge on any atom is -0.387 e. The van der Waals surface area contributed by atoms with E-state index in [0.717, 1.165) is 31.5 Å². The molecule has 1 aliphatic rings. The van der Waals surface area contributed by atoms with Gasteiger partial charge in [0.05, 0.1) is 6.10 Å². The Morgan fingerprint density at radius 3 is 2.42 bits per heavy atom. The van der Waals surface area contributed by atoms with Gasteiger partial charge >= 0.3 is 6.03 Å². The van der Waals surface area contributed by atoms with Gasteiger partial charge in [-0.1, -0.05) is 43.2 Å². The minimum absolute atomic E-state index is 0.0584. The molecule has 19 heavy (non-hydrogen) atoms. The number of hydrogen-bond donors (Lipinski definition) is 2. The molecule has 1 fully saturated rings. The molecule has 0 bridgehead atoms. The molecule has 0 radical (unpaired) electrons. The van der Waals surface area contributed by atoms with Crippen molar-refractivity contribution >= 4 is 6.03 Å². The smallest absolute Gasteiger partial charge is 0.317 e. The molecule has 1 aliphatic heterocycles. The van der Waals surface area contributed by atoms with Crippen molar-refractivity contribution in [3.63, 3.8) is 0 Å². The van der Waals surface area contributed by atoms with E-state index in [2.05, 4.69) is 5.32 Å². The molecule has 1 aromatic carbocycles. The molecule has 0 aliphatic carbocycles. The number of nitrogens with zero attached hydrogens (tertiary/aromatic N) is 1. The van der Waals surface area contributed by atoms with Gasteiger partial charge in [0.15, 0.2) is 0 Å². The van der Waals surface area contributed by atoms with Crippen LogP contribution in [0.2, 0.25) is 0 Å². The first-order valence-corrected chi connectivity index (χ1v) is 7.03. The van der Waals surface area contributed by atoms with Crippen molar-refractivity contribution in [2.45, 2.75) is 31.8 Å². The fourth-order valence-electron chi connectivity index (χ4n) is 2.36. The first-order valence-electron chi connectivity index (χ1n) is 7.03. The summed E-state index contributed by atoms with van der Waals surface area (Å²) in [7, 11) is 0. The topological polar surface area (TPSA) is 52.6 Å². The number of urea groups is 1. The Labute approximate surface area is 114 Å². The van der Waals surface area contributed by atoms with Gasteiger partial charge in [0.2, 0.25) is 0 Å². The van der Waals surface area contributed by atoms with E-state index in [-0.39, 0.29) is 12.6 Å². The van der Waals surface area contributed by atoms with Crippen molar-refractivity contribution in [1.29, 1.82) is 0 Å². The van der Waals surface area contributed by atoms with Crippen molar-refractivity contribution in [1.82, 2.24) is 10.2 Å². The number of amides is 2. The quantitative estimate of drug-likeness (QED) is 0.878. The summed E-state index contributed by atoms with van der Waals surface area (Å²) in [6, 6.07) is 9.35. The van der Waals surface area contributed by atoms with Gasteiger partial charge < -0.3 is 15.3 Å². The van der Waals surface area contributed by atoms with E-state index in [1.54, 1.807) is 0 Å². The second-order valence-corrected chi connectivity index (χ2v) is 5.01. The summed E-state index contributed by atoms with van der Waals surface area (Å²) in [5.41, 5.74) is 0.832. The average Bonchev–Trinajstić information content (AvgIpc) is 2.74. The van der Waals surface area contributed by atoms with Gasteiger partial charge in [-0.2, -0.15) is 0 Å². The first-order chi connectivity index (χ1) is 9.27. The summed E-state index contributed by atoms with van der Waals surface area (Å²) in [5.74, 6) is 0. The monoisotopic (exact) mass is 262 g/mol. The maximum atomic E-state index is 12.0. The molecule has 1 heterocycles. The zero-order valence-corrected chi connectivity index (χ0v) is 11.2. The van der Waals surface area contributed by atoms with E-state index in [1.807, 2.05) is 35.2 Å². The molecular formula is C15H22N2O2. The maximum Gasteiger partial charge on any atom is 0.317 e. The Morgan fingerprint density at radius 2 is 1.79 bits per heavy atom. The summed E-state index contributed by atoms with van der Waals surface area (Å²) in [6.07, 6.45) is 3.92. The number of nitrogens with one attached hydrogen (secondary N) is 1. The molecule has 1 aromatic rings. The number of carbonyl (C=O) groups excluding carboxylic acids is 1. The molecular weight excluding hydrogens is 240 g/mol. The highest BCUT2D eigenvalue weighted by atomic mass is 16.3. The van der Waals surface area contributed by atoms with Crippen LogP contribution < -0.4 is 5.32 Å². The Hall–Kier alpha value is -1.55. The van der Waals surface area contributed by atoms with Crippen LogP contribution in [0.4, 0.5) is 4.79 Å². The van der Waals surface area contributed by atoms with Crippen LogP contribution in [0.25, 0.3) is 0 Å². The van der Waals surface area contributed by atoms with Gasteiger partial charge in [-0.3, -0.25) is 0 Å². The van der Waals surface area contributed by atoms with Crippen molar-refractivity contribution in [3.8, 4) is 0 Å². The molecule has 2 rings (SSSR count). The normalized spacial score (nSPS) is 17.6. The molecule has 2 N–H and O–H groups in total. The van der Waals surface area contributed by atoms with E-state index in [9.17, 15) is 9.90 Å². The van der Waals surface area contributed by atoms with Crippen molar-refractivity contribution in [2.24, 2.45) is 0 Å². The Morgan fingerprint density at radius 1 is 1.16 bits per heavy atom. The maximum absolute atomic E-state index is 12.0. The lowest BCUT2D eigenvalue weighted by molar-refractivity contribution is 0.162. The minimum atomic E-state index is -0.642. The number of likely N-dealkylation sites (tertiary alicyclic amines) is 1. The fourth-order valence-corrected chi connectivity index (χ4v) is 2.36. The van der Waals surface area contributed by atoms with Gasteiger partial charge in [0.25, 0.3) is 0 Å². The zero-order valence-electron chi connectivity index (χ0n) is 11.2. The van der Waals surface area contributed by atoms with Crippen LogP contribution in [-0.2, 0) is 0 Å². The highest BCUT2D eigenvalue weighted by Gasteiger charge is 2.16. The number of carbonyl (C=O) groups is 1. The second-order valence-electron chi connectivity index (χ2n) is 5.01. The van der Waals surface area contributed by atoms with Crippen LogP contribution >= 0.6 is 0 Å². The summed E-state index contributed by atoms with van der Waals surface area (Å²) >= 11 is 0. The highest BCUT2D eigenvalue weighted by molar-refractivity contribution is 5.74. The average molecular weight is 262 g/mol. The van der Waals surface area contributed by atoms with E-state index in [1.165, 1.54) is 12.8 Å². The third kappa shape index (κ3) is 4.24. The lowest BCUT2D eigenvalue weighted by Crippen LogP contribution is -2.42. The van der Waals surface area contributed by atoms with E-state index >= 15 is 0 Å². The molecule has 2 amide bonds. The molecule has 1 saturated heterocycles. The standard InChI is InChI=1S/C15H22N2O2/c18-14(13-8-4-3-5-9-13)12-16-15(19)17-10-6-1-2-7-11-17/h3-5,8-9,14,18H,1-2,6-7,10-12H2,(H,16,19). The Balaban J connectivity index is 1.79. The summed E-state index contributed by atoms with van der Waals surface area (Å²) in [6.45, 7) is 1.92. The van der Waals surface area contributed by atoms with Crippen LogP contribution in [0.15, 0.2) is 30.3 Å². The summed E-state index contributed by atoms with van der Waals surface area (Å²) in [4.78, 5) is 13.8. The Kier molecular flexibility index (Phi) is 5.21. The van der Waals surface area contributed by atoms with E-state index < -0.39 is 6.10 Å². The van der Waals surface area contributed by atoms with Crippen molar-refractivity contribution in [2.75, 3.05) is 19.6 Å². The SMILES string of the molecule is O=C(NCC(O)c1ccccc1)N1CCCCCC1. The van der Waals surface area contributed by atoms with Crippen LogP contribution in [0, 0.1) is 0 Å². The largest absolute Gasteiger partial charge is 0.387 e. The second kappa shape index (κ2) is 7.14. The highest BCUT2D eigenvalue weighted by Crippen LogP contribution is 2.12. The van der Waals surface area contributed by atoms with Gasteiger partial charge in [-0.15, -0.1) is 0 Å². The molecule has 4 heteroatoms. The number of hydrogen-bond acceptors (Lipinski definition) is 2. The third-order valence-electron chi connectivity index (χ3n) is 3.52. The predicted octanol–water partition coefficient (Wildman–Crippen LogP) is 2.31. The molecule has 4 nitrogen and oxygen atoms in total. The van der Waals surface area contributed by atoms with Crippen LogP contribution in [0.1, 0.15) is 37.4 Å². The van der Waals surface area contributed by atoms with Crippen molar-refractivity contribution < 1.29 is 9.90 Å². The molecule has 1 atom stereocenters. The number of rotatable bonds is 3. The van der Waals surface area contributed by atoms with Gasteiger partial charge in [-0.25, -0.2) is 4.79 Å². The van der Waals surface area contributed by atoms with Gasteiger partial charge in [-0.05, 0) is 18.4 Å². The number of benzene rings is 1. The van der Waals surface area contributed by atoms with Crippen molar-refractivity contribution in [3.05, 3.63) is 35.9 Å². The number of aliphatic hydroxyl groups is 1. The van der Waals surface area contributed by atoms with Gasteiger partial charge in [0.1, 0.15) is 0 Å². The first kappa shape index (κ1) is 13.9. The van der Waals surface area contributed by atoms with Crippen LogP contribution in [-0.4, -0.2) is 35.7 Å². The molecule has 0 spiro atoms. The van der Waals surface area contributed by atoms with E-state index in [4.69, 9.17) is 0 Å². The molecule has 0 aromatic heterocycles. The summed E-state index contributed by atoms with van der Waals surface area (Å²) in [5, 5.41) is 12.8. The molecule has 0 saturated carbocycles. The molecule has 104 valence electrons. The molecule has 1 unspecified atom stereocenters. The van der Waals surface area contributed by atoms with Crippen LogP contribution in [0.5, 0.6) is 0 Å². The van der Waals surface area contributed by atoms with Crippen LogP contribution in [0.3, 0.4) is 0 Å². The Bertz CT molecular complexity index is 386. The number of aliphatic hydroxyl groups excluding tert-OH is 1.